The van der Waals surface area contributed by atoms with Crippen LogP contribution in [-0.4, -0.2) is 44.3 Å². The molecule has 0 rings (SSSR count). The Balaban J connectivity index is 3.52. The van der Waals surface area contributed by atoms with Crippen molar-refractivity contribution in [2.45, 2.75) is 0 Å². The Kier molecular flexibility index (Phi) is 5.54. The lowest BCUT2D eigenvalue weighted by atomic mass is 10.6. The van der Waals surface area contributed by atoms with Crippen molar-refractivity contribution in [1.82, 2.24) is 4.90 Å². The van der Waals surface area contributed by atoms with Gasteiger partial charge in [-0.25, -0.2) is 9.59 Å². The minimum atomic E-state index is -0.994. The van der Waals surface area contributed by atoms with Gasteiger partial charge in [0.2, 0.25) is 0 Å². The van der Waals surface area contributed by atoms with Crippen molar-refractivity contribution < 1.29 is 19.1 Å². The molecule has 0 aliphatic rings. The van der Waals surface area contributed by atoms with Crippen molar-refractivity contribution in [3.05, 3.63) is 12.7 Å². The monoisotopic (exact) mass is 187 g/mol. The van der Waals surface area contributed by atoms with Crippen LogP contribution in [-0.2, 0) is 14.3 Å². The largest absolute Gasteiger partial charge is 0.516 e. The van der Waals surface area contributed by atoms with Crippen molar-refractivity contribution in [3.8, 4) is 0 Å². The summed E-state index contributed by atoms with van der Waals surface area (Å²) in [6.07, 6.45) is -0.0977. The maximum atomic E-state index is 10.7. The molecule has 0 aromatic carbocycles. The van der Waals surface area contributed by atoms with Gasteiger partial charge < -0.3 is 14.4 Å². The molecular formula is C8H13NO4. The molecule has 5 heteroatoms. The van der Waals surface area contributed by atoms with E-state index in [2.05, 4.69) is 16.1 Å². The first-order chi connectivity index (χ1) is 6.06. The Bertz CT molecular complexity index is 200. The summed E-state index contributed by atoms with van der Waals surface area (Å²) in [6, 6.07) is 0. The third-order valence-electron chi connectivity index (χ3n) is 1.11. The molecule has 0 heterocycles. The first kappa shape index (κ1) is 11.6. The zero-order chi connectivity index (χ0) is 10.3. The molecule has 0 amide bonds. The van der Waals surface area contributed by atoms with Crippen LogP contribution >= 0.6 is 0 Å². The first-order valence-electron chi connectivity index (χ1n) is 3.72. The highest BCUT2D eigenvalue weighted by Gasteiger charge is 2.07. The molecule has 0 radical (unpaired) electrons. The molecule has 0 aromatic heterocycles. The number of likely N-dealkylation sites (N-methyl/N-ethyl adjacent to an activating group) is 1. The van der Waals surface area contributed by atoms with Gasteiger partial charge in [-0.15, -0.1) is 0 Å². The number of nitrogens with zero attached hydrogens (tertiary/aromatic N) is 1. The van der Waals surface area contributed by atoms with Crippen molar-refractivity contribution >= 4 is 12.1 Å². The molecular weight excluding hydrogens is 174 g/mol. The number of hydrogen-bond acceptors (Lipinski definition) is 5. The van der Waals surface area contributed by atoms with E-state index in [0.717, 1.165) is 6.08 Å². The SMILES string of the molecule is C=CC(=O)OC(=O)OCCN(C)C. The summed E-state index contributed by atoms with van der Waals surface area (Å²) in [5.74, 6) is -0.810. The summed E-state index contributed by atoms with van der Waals surface area (Å²) < 4.78 is 8.70. The zero-order valence-corrected chi connectivity index (χ0v) is 7.78. The predicted molar refractivity (Wildman–Crippen MR) is 46.2 cm³/mol. The Morgan fingerprint density at radius 1 is 1.46 bits per heavy atom. The third-order valence-corrected chi connectivity index (χ3v) is 1.11. The summed E-state index contributed by atoms with van der Waals surface area (Å²) in [7, 11) is 3.67. The smallest absolute Gasteiger partial charge is 0.433 e. The van der Waals surface area contributed by atoms with Crippen LogP contribution in [0.2, 0.25) is 0 Å². The number of carbonyl (C=O) groups excluding carboxylic acids is 2. The molecule has 74 valence electrons. The van der Waals surface area contributed by atoms with Crippen LogP contribution in [0.4, 0.5) is 4.79 Å². The van der Waals surface area contributed by atoms with E-state index < -0.39 is 12.1 Å². The summed E-state index contributed by atoms with van der Waals surface area (Å²) in [5.41, 5.74) is 0. The highest BCUT2D eigenvalue weighted by Crippen LogP contribution is 1.87. The Hall–Kier alpha value is -1.36. The quantitative estimate of drug-likeness (QED) is 0.362. The van der Waals surface area contributed by atoms with Gasteiger partial charge in [0.1, 0.15) is 6.61 Å². The van der Waals surface area contributed by atoms with Gasteiger partial charge in [0.25, 0.3) is 0 Å². The summed E-state index contributed by atoms with van der Waals surface area (Å²) >= 11 is 0. The predicted octanol–water partition coefficient (Wildman–Crippen LogP) is 0.414. The van der Waals surface area contributed by atoms with Crippen molar-refractivity contribution in [2.75, 3.05) is 27.2 Å². The van der Waals surface area contributed by atoms with Gasteiger partial charge in [-0.1, -0.05) is 6.58 Å². The van der Waals surface area contributed by atoms with Gasteiger partial charge in [-0.3, -0.25) is 0 Å². The average Bonchev–Trinajstić information content (AvgIpc) is 2.03. The summed E-state index contributed by atoms with van der Waals surface area (Å²) in [5, 5.41) is 0. The van der Waals surface area contributed by atoms with E-state index in [1.807, 2.05) is 19.0 Å². The van der Waals surface area contributed by atoms with E-state index in [9.17, 15) is 9.59 Å². The Morgan fingerprint density at radius 3 is 2.54 bits per heavy atom. The molecule has 0 saturated heterocycles. The minimum Gasteiger partial charge on any atom is -0.433 e. The number of ether oxygens (including phenoxy) is 2. The fourth-order valence-corrected chi connectivity index (χ4v) is 0.465. The van der Waals surface area contributed by atoms with Gasteiger partial charge in [0, 0.05) is 12.6 Å². The maximum absolute atomic E-state index is 10.7. The second-order valence-electron chi connectivity index (χ2n) is 2.53. The molecule has 0 bridgehead atoms. The summed E-state index contributed by atoms with van der Waals surface area (Å²) in [6.45, 7) is 3.90. The molecule has 0 saturated carbocycles. The molecule has 5 nitrogen and oxygen atoms in total. The van der Waals surface area contributed by atoms with Crippen LogP contribution in [0, 0.1) is 0 Å². The molecule has 0 atom stereocenters. The molecule has 13 heavy (non-hydrogen) atoms. The van der Waals surface area contributed by atoms with Crippen LogP contribution in [0.1, 0.15) is 0 Å². The number of hydrogen-bond donors (Lipinski definition) is 0. The van der Waals surface area contributed by atoms with Crippen molar-refractivity contribution in [3.63, 3.8) is 0 Å². The molecule has 0 aliphatic heterocycles. The fraction of sp³-hybridized carbons (Fsp3) is 0.500. The van der Waals surface area contributed by atoms with Gasteiger partial charge in [0.05, 0.1) is 0 Å². The summed E-state index contributed by atoms with van der Waals surface area (Å²) in [4.78, 5) is 23.0. The average molecular weight is 187 g/mol. The van der Waals surface area contributed by atoms with Crippen LogP contribution < -0.4 is 0 Å². The van der Waals surface area contributed by atoms with E-state index in [-0.39, 0.29) is 6.61 Å². The van der Waals surface area contributed by atoms with Crippen molar-refractivity contribution in [2.24, 2.45) is 0 Å². The fourth-order valence-electron chi connectivity index (χ4n) is 0.465. The van der Waals surface area contributed by atoms with E-state index in [0.29, 0.717) is 6.54 Å². The standard InChI is InChI=1S/C8H13NO4/c1-4-7(10)13-8(11)12-6-5-9(2)3/h4H,1,5-6H2,2-3H3. The Morgan fingerprint density at radius 2 is 2.08 bits per heavy atom. The first-order valence-corrected chi connectivity index (χ1v) is 3.72. The zero-order valence-electron chi connectivity index (χ0n) is 7.78. The third kappa shape index (κ3) is 7.02. The van der Waals surface area contributed by atoms with Crippen molar-refractivity contribution in [1.29, 1.82) is 0 Å². The number of carbonyl (C=O) groups is 2. The molecule has 0 aliphatic carbocycles. The van der Waals surface area contributed by atoms with Gasteiger partial charge in [0.15, 0.2) is 0 Å². The topological polar surface area (TPSA) is 55.8 Å². The van der Waals surface area contributed by atoms with Gasteiger partial charge in [-0.2, -0.15) is 0 Å². The van der Waals surface area contributed by atoms with E-state index in [1.165, 1.54) is 0 Å². The highest BCUT2D eigenvalue weighted by atomic mass is 16.7. The lowest BCUT2D eigenvalue weighted by molar-refractivity contribution is -0.134. The lowest BCUT2D eigenvalue weighted by Crippen LogP contribution is -2.21. The van der Waals surface area contributed by atoms with E-state index >= 15 is 0 Å². The molecule has 0 aromatic rings. The maximum Gasteiger partial charge on any atom is 0.516 e. The van der Waals surface area contributed by atoms with Gasteiger partial charge in [-0.05, 0) is 14.1 Å². The second kappa shape index (κ2) is 6.19. The molecule has 0 spiro atoms. The van der Waals surface area contributed by atoms with Crippen LogP contribution in [0.5, 0.6) is 0 Å². The molecule has 0 fully saturated rings. The van der Waals surface area contributed by atoms with Gasteiger partial charge >= 0.3 is 12.1 Å². The Labute approximate surface area is 76.9 Å². The number of esters is 1. The lowest BCUT2D eigenvalue weighted by Gasteiger charge is -2.08. The molecule has 0 N–H and O–H groups in total. The van der Waals surface area contributed by atoms with E-state index in [4.69, 9.17) is 0 Å². The van der Waals surface area contributed by atoms with E-state index in [1.54, 1.807) is 0 Å². The normalized spacial score (nSPS) is 9.46. The van der Waals surface area contributed by atoms with Crippen LogP contribution in [0.25, 0.3) is 0 Å². The van der Waals surface area contributed by atoms with Crippen LogP contribution in [0.3, 0.4) is 0 Å². The highest BCUT2D eigenvalue weighted by molar-refractivity contribution is 5.89. The number of rotatable bonds is 4. The minimum absolute atomic E-state index is 0.191. The second-order valence-corrected chi connectivity index (χ2v) is 2.53. The van der Waals surface area contributed by atoms with Crippen LogP contribution in [0.15, 0.2) is 12.7 Å². The molecule has 0 unspecified atom stereocenters.